The zero-order valence-corrected chi connectivity index (χ0v) is 13.0. The number of benzene rings is 1. The van der Waals surface area contributed by atoms with Gasteiger partial charge in [0.05, 0.1) is 13.0 Å². The highest BCUT2D eigenvalue weighted by molar-refractivity contribution is 5.99. The number of amides is 1. The second-order valence-electron chi connectivity index (χ2n) is 5.48. The van der Waals surface area contributed by atoms with Crippen LogP contribution in [0.5, 0.6) is 5.75 Å². The summed E-state index contributed by atoms with van der Waals surface area (Å²) < 4.78 is 5.19. The molecular formula is C18H20N2O2. The van der Waals surface area contributed by atoms with Crippen LogP contribution in [0.4, 0.5) is 5.69 Å². The van der Waals surface area contributed by atoms with Gasteiger partial charge in [-0.1, -0.05) is 19.1 Å². The average Bonchev–Trinajstić information content (AvgIpc) is 3.00. The second kappa shape index (κ2) is 6.18. The van der Waals surface area contributed by atoms with Crippen LogP contribution in [-0.4, -0.2) is 24.5 Å². The van der Waals surface area contributed by atoms with Crippen molar-refractivity contribution in [1.29, 1.82) is 0 Å². The number of pyridine rings is 1. The molecule has 2 heterocycles. The lowest BCUT2D eigenvalue weighted by atomic mass is 9.95. The van der Waals surface area contributed by atoms with Gasteiger partial charge in [-0.3, -0.25) is 9.78 Å². The van der Waals surface area contributed by atoms with E-state index in [0.29, 0.717) is 0 Å². The third-order valence-corrected chi connectivity index (χ3v) is 4.26. The minimum Gasteiger partial charge on any atom is -0.497 e. The van der Waals surface area contributed by atoms with Crippen LogP contribution in [0, 0.1) is 0 Å². The molecule has 0 saturated carbocycles. The number of fused-ring (bicyclic) bond motifs is 1. The highest BCUT2D eigenvalue weighted by Crippen LogP contribution is 2.32. The average molecular weight is 296 g/mol. The van der Waals surface area contributed by atoms with Crippen molar-refractivity contribution in [2.75, 3.05) is 18.6 Å². The van der Waals surface area contributed by atoms with Gasteiger partial charge in [-0.05, 0) is 42.2 Å². The van der Waals surface area contributed by atoms with Gasteiger partial charge in [0.1, 0.15) is 5.75 Å². The standard InChI is InChI=1S/C18H20N2O2/c1-3-16(13-4-6-15(22-2)7-5-13)18(21)20-11-9-14-12-19-10-8-17(14)20/h4-8,10,12,16H,3,9,11H2,1-2H3/t16-/m1/s1. The van der Waals surface area contributed by atoms with Crippen molar-refractivity contribution in [2.45, 2.75) is 25.7 Å². The van der Waals surface area contributed by atoms with E-state index in [2.05, 4.69) is 11.9 Å². The zero-order valence-electron chi connectivity index (χ0n) is 13.0. The van der Waals surface area contributed by atoms with Crippen molar-refractivity contribution in [3.63, 3.8) is 0 Å². The second-order valence-corrected chi connectivity index (χ2v) is 5.48. The molecule has 1 aromatic carbocycles. The summed E-state index contributed by atoms with van der Waals surface area (Å²) in [6, 6.07) is 9.71. The first-order chi connectivity index (χ1) is 10.7. The van der Waals surface area contributed by atoms with Crippen LogP contribution < -0.4 is 9.64 Å². The van der Waals surface area contributed by atoms with Crippen LogP contribution in [0.1, 0.15) is 30.4 Å². The Labute approximate surface area is 130 Å². The molecule has 0 radical (unpaired) electrons. The number of ether oxygens (including phenoxy) is 1. The summed E-state index contributed by atoms with van der Waals surface area (Å²) in [6.45, 7) is 2.79. The summed E-state index contributed by atoms with van der Waals surface area (Å²) in [7, 11) is 1.65. The Hall–Kier alpha value is -2.36. The Morgan fingerprint density at radius 2 is 2.09 bits per heavy atom. The van der Waals surface area contributed by atoms with Crippen LogP contribution in [0.25, 0.3) is 0 Å². The van der Waals surface area contributed by atoms with E-state index in [1.54, 1.807) is 13.3 Å². The number of hydrogen-bond donors (Lipinski definition) is 0. The summed E-state index contributed by atoms with van der Waals surface area (Å²) in [6.07, 6.45) is 5.27. The lowest BCUT2D eigenvalue weighted by Crippen LogP contribution is -2.33. The monoisotopic (exact) mass is 296 g/mol. The Morgan fingerprint density at radius 1 is 1.32 bits per heavy atom. The Morgan fingerprint density at radius 3 is 2.77 bits per heavy atom. The maximum Gasteiger partial charge on any atom is 0.234 e. The lowest BCUT2D eigenvalue weighted by Gasteiger charge is -2.23. The molecule has 0 bridgehead atoms. The molecule has 22 heavy (non-hydrogen) atoms. The van der Waals surface area contributed by atoms with E-state index in [1.165, 1.54) is 0 Å². The van der Waals surface area contributed by atoms with Gasteiger partial charge in [0.15, 0.2) is 0 Å². The predicted octanol–water partition coefficient (Wildman–Crippen LogP) is 3.17. The fourth-order valence-electron chi connectivity index (χ4n) is 3.03. The van der Waals surface area contributed by atoms with E-state index in [4.69, 9.17) is 4.74 Å². The summed E-state index contributed by atoms with van der Waals surface area (Å²) in [5, 5.41) is 0. The minimum absolute atomic E-state index is 0.120. The molecule has 114 valence electrons. The van der Waals surface area contributed by atoms with Gasteiger partial charge < -0.3 is 9.64 Å². The van der Waals surface area contributed by atoms with Crippen molar-refractivity contribution in [3.05, 3.63) is 53.9 Å². The van der Waals surface area contributed by atoms with Gasteiger partial charge in [0.25, 0.3) is 0 Å². The lowest BCUT2D eigenvalue weighted by molar-refractivity contribution is -0.120. The van der Waals surface area contributed by atoms with Gasteiger partial charge in [0, 0.05) is 24.6 Å². The highest BCUT2D eigenvalue weighted by Gasteiger charge is 2.30. The van der Waals surface area contributed by atoms with E-state index < -0.39 is 0 Å². The molecule has 1 amide bonds. The molecule has 0 spiro atoms. The van der Waals surface area contributed by atoms with E-state index >= 15 is 0 Å². The van der Waals surface area contributed by atoms with Crippen LogP contribution in [0.2, 0.25) is 0 Å². The van der Waals surface area contributed by atoms with E-state index in [0.717, 1.165) is 42.0 Å². The number of methoxy groups -OCH3 is 1. The molecule has 0 N–H and O–H groups in total. The normalized spacial score (nSPS) is 14.5. The molecule has 4 nitrogen and oxygen atoms in total. The Kier molecular flexibility index (Phi) is 4.09. The van der Waals surface area contributed by atoms with Crippen molar-refractivity contribution >= 4 is 11.6 Å². The summed E-state index contributed by atoms with van der Waals surface area (Å²) >= 11 is 0. The fourth-order valence-corrected chi connectivity index (χ4v) is 3.03. The van der Waals surface area contributed by atoms with Gasteiger partial charge >= 0.3 is 0 Å². The number of aromatic nitrogens is 1. The van der Waals surface area contributed by atoms with E-state index in [9.17, 15) is 4.79 Å². The summed E-state index contributed by atoms with van der Waals surface area (Å²) in [5.41, 5.74) is 3.20. The first-order valence-electron chi connectivity index (χ1n) is 7.62. The highest BCUT2D eigenvalue weighted by atomic mass is 16.5. The van der Waals surface area contributed by atoms with Gasteiger partial charge in [-0.15, -0.1) is 0 Å². The molecule has 0 saturated heterocycles. The molecule has 4 heteroatoms. The molecule has 0 fully saturated rings. The Bertz CT molecular complexity index is 667. The number of hydrogen-bond acceptors (Lipinski definition) is 3. The first kappa shape index (κ1) is 14.6. The number of nitrogens with zero attached hydrogens (tertiary/aromatic N) is 2. The Balaban J connectivity index is 1.86. The molecule has 0 aliphatic carbocycles. The molecule has 1 aromatic heterocycles. The number of anilines is 1. The molecule has 1 atom stereocenters. The van der Waals surface area contributed by atoms with Crippen LogP contribution in [-0.2, 0) is 11.2 Å². The summed E-state index contributed by atoms with van der Waals surface area (Å²) in [5.74, 6) is 0.853. The molecule has 1 aliphatic rings. The van der Waals surface area contributed by atoms with E-state index in [1.807, 2.05) is 41.4 Å². The molecule has 0 unspecified atom stereocenters. The van der Waals surface area contributed by atoms with Crippen molar-refractivity contribution < 1.29 is 9.53 Å². The number of carbonyl (C=O) groups is 1. The topological polar surface area (TPSA) is 42.4 Å². The largest absolute Gasteiger partial charge is 0.497 e. The number of rotatable bonds is 4. The SMILES string of the molecule is CC[C@@H](C(=O)N1CCc2cnccc21)c1ccc(OC)cc1. The zero-order chi connectivity index (χ0) is 15.5. The van der Waals surface area contributed by atoms with E-state index in [-0.39, 0.29) is 11.8 Å². The molecule has 3 rings (SSSR count). The maximum absolute atomic E-state index is 13.0. The van der Waals surface area contributed by atoms with Crippen molar-refractivity contribution in [2.24, 2.45) is 0 Å². The maximum atomic E-state index is 13.0. The van der Waals surface area contributed by atoms with Gasteiger partial charge in [-0.2, -0.15) is 0 Å². The third-order valence-electron chi connectivity index (χ3n) is 4.26. The van der Waals surface area contributed by atoms with Crippen LogP contribution in [0.3, 0.4) is 0 Å². The van der Waals surface area contributed by atoms with Crippen molar-refractivity contribution in [3.8, 4) is 5.75 Å². The van der Waals surface area contributed by atoms with Crippen LogP contribution >= 0.6 is 0 Å². The predicted molar refractivity (Wildman–Crippen MR) is 86.3 cm³/mol. The first-order valence-corrected chi connectivity index (χ1v) is 7.62. The van der Waals surface area contributed by atoms with Crippen LogP contribution in [0.15, 0.2) is 42.7 Å². The van der Waals surface area contributed by atoms with Gasteiger partial charge in [0.2, 0.25) is 5.91 Å². The smallest absolute Gasteiger partial charge is 0.234 e. The number of carbonyl (C=O) groups excluding carboxylic acids is 1. The van der Waals surface area contributed by atoms with Gasteiger partial charge in [-0.25, -0.2) is 0 Å². The molecule has 1 aliphatic heterocycles. The quantitative estimate of drug-likeness (QED) is 0.870. The molecule has 2 aromatic rings. The minimum atomic E-state index is -0.120. The van der Waals surface area contributed by atoms with Crippen molar-refractivity contribution in [1.82, 2.24) is 4.98 Å². The fraction of sp³-hybridized carbons (Fsp3) is 0.333. The molecular weight excluding hydrogens is 276 g/mol. The third kappa shape index (κ3) is 2.56. The summed E-state index contributed by atoms with van der Waals surface area (Å²) in [4.78, 5) is 19.0.